The molecule has 0 atom stereocenters. The zero-order chi connectivity index (χ0) is 12.4. The van der Waals surface area contributed by atoms with E-state index >= 15 is 0 Å². The number of halogens is 1. The molecule has 2 aromatic rings. The van der Waals surface area contributed by atoms with Crippen molar-refractivity contribution < 1.29 is 8.81 Å². The summed E-state index contributed by atoms with van der Waals surface area (Å²) in [5, 5.41) is 3.48. The summed E-state index contributed by atoms with van der Waals surface area (Å²) in [5.74, 6) is 0.366. The summed E-state index contributed by atoms with van der Waals surface area (Å²) in [5.41, 5.74) is 2.29. The zero-order valence-electron chi connectivity index (χ0n) is 10.1. The molecule has 0 spiro atoms. The van der Waals surface area contributed by atoms with Gasteiger partial charge in [0.1, 0.15) is 5.82 Å². The third-order valence-corrected chi connectivity index (χ3v) is 3.63. The second-order valence-corrected chi connectivity index (χ2v) is 4.93. The van der Waals surface area contributed by atoms with Crippen LogP contribution in [-0.2, 0) is 6.54 Å². The van der Waals surface area contributed by atoms with Crippen molar-refractivity contribution in [2.24, 2.45) is 0 Å². The number of hydrogen-bond donors (Lipinski definition) is 1. The van der Waals surface area contributed by atoms with E-state index < -0.39 is 0 Å². The molecule has 1 N–H and O–H groups in total. The van der Waals surface area contributed by atoms with Gasteiger partial charge in [0.2, 0.25) is 0 Å². The minimum absolute atomic E-state index is 0.137. The van der Waals surface area contributed by atoms with Crippen molar-refractivity contribution in [1.29, 1.82) is 0 Å². The second-order valence-electron chi connectivity index (χ2n) is 4.93. The van der Waals surface area contributed by atoms with Crippen molar-refractivity contribution in [2.75, 3.05) is 0 Å². The highest BCUT2D eigenvalue weighted by Gasteiger charge is 2.29. The molecular formula is C15H16FNO. The molecule has 1 aliphatic carbocycles. The van der Waals surface area contributed by atoms with Crippen LogP contribution < -0.4 is 5.32 Å². The molecular weight excluding hydrogens is 229 g/mol. The highest BCUT2D eigenvalue weighted by molar-refractivity contribution is 5.23. The topological polar surface area (TPSA) is 25.2 Å². The molecule has 1 aliphatic rings. The van der Waals surface area contributed by atoms with E-state index in [1.807, 2.05) is 12.1 Å². The van der Waals surface area contributed by atoms with Crippen LogP contribution in [0, 0.1) is 5.82 Å². The second kappa shape index (κ2) is 4.94. The number of furan rings is 1. The Morgan fingerprint density at radius 2 is 2.17 bits per heavy atom. The van der Waals surface area contributed by atoms with Crippen LogP contribution in [0.1, 0.15) is 29.9 Å². The molecule has 0 radical (unpaired) electrons. The first-order valence-corrected chi connectivity index (χ1v) is 6.31. The van der Waals surface area contributed by atoms with Crippen LogP contribution in [0.25, 0.3) is 0 Å². The van der Waals surface area contributed by atoms with Crippen LogP contribution in [0.15, 0.2) is 47.3 Å². The van der Waals surface area contributed by atoms with Gasteiger partial charge >= 0.3 is 0 Å². The molecule has 18 heavy (non-hydrogen) atoms. The van der Waals surface area contributed by atoms with E-state index in [-0.39, 0.29) is 5.82 Å². The Bertz CT molecular complexity index is 503. The molecule has 0 amide bonds. The van der Waals surface area contributed by atoms with Gasteiger partial charge in [-0.15, -0.1) is 0 Å². The Morgan fingerprint density at radius 1 is 1.28 bits per heavy atom. The lowest BCUT2D eigenvalue weighted by Crippen LogP contribution is -2.39. The number of nitrogens with one attached hydrogen (secondary N) is 1. The SMILES string of the molecule is Fc1cccc(C2CC(NCc3ccoc3)C2)c1. The first-order chi connectivity index (χ1) is 8.81. The maximum absolute atomic E-state index is 13.1. The van der Waals surface area contributed by atoms with Crippen molar-refractivity contribution in [2.45, 2.75) is 31.3 Å². The summed E-state index contributed by atoms with van der Waals surface area (Å²) in [6, 6.07) is 9.45. The van der Waals surface area contributed by atoms with E-state index in [1.54, 1.807) is 24.7 Å². The fraction of sp³-hybridized carbons (Fsp3) is 0.333. The smallest absolute Gasteiger partial charge is 0.123 e. The molecule has 2 nitrogen and oxygen atoms in total. The molecule has 0 unspecified atom stereocenters. The van der Waals surface area contributed by atoms with Gasteiger partial charge in [0.15, 0.2) is 0 Å². The Balaban J connectivity index is 1.48. The van der Waals surface area contributed by atoms with E-state index in [0.29, 0.717) is 12.0 Å². The van der Waals surface area contributed by atoms with Crippen LogP contribution in [-0.4, -0.2) is 6.04 Å². The molecule has 1 fully saturated rings. The van der Waals surface area contributed by atoms with Gasteiger partial charge in [-0.2, -0.15) is 0 Å². The molecule has 0 bridgehead atoms. The van der Waals surface area contributed by atoms with Gasteiger partial charge in [-0.3, -0.25) is 0 Å². The van der Waals surface area contributed by atoms with Crippen LogP contribution in [0.3, 0.4) is 0 Å². The third kappa shape index (κ3) is 2.46. The third-order valence-electron chi connectivity index (χ3n) is 3.63. The van der Waals surface area contributed by atoms with E-state index in [4.69, 9.17) is 4.42 Å². The molecule has 1 saturated carbocycles. The Labute approximate surface area is 106 Å². The zero-order valence-corrected chi connectivity index (χ0v) is 10.1. The van der Waals surface area contributed by atoms with E-state index in [1.165, 1.54) is 11.6 Å². The molecule has 0 aliphatic heterocycles. The molecule has 3 rings (SSSR count). The lowest BCUT2D eigenvalue weighted by atomic mass is 9.76. The largest absolute Gasteiger partial charge is 0.472 e. The number of hydrogen-bond acceptors (Lipinski definition) is 2. The number of rotatable bonds is 4. The van der Waals surface area contributed by atoms with Crippen LogP contribution in [0.5, 0.6) is 0 Å². The van der Waals surface area contributed by atoms with Crippen LogP contribution in [0.2, 0.25) is 0 Å². The van der Waals surface area contributed by atoms with Crippen molar-refractivity contribution in [3.05, 3.63) is 59.8 Å². The van der Waals surface area contributed by atoms with Gasteiger partial charge < -0.3 is 9.73 Å². The molecule has 1 heterocycles. The van der Waals surface area contributed by atoms with Gasteiger partial charge in [0, 0.05) is 18.2 Å². The molecule has 1 aromatic carbocycles. The van der Waals surface area contributed by atoms with E-state index in [9.17, 15) is 4.39 Å². The average molecular weight is 245 g/mol. The van der Waals surface area contributed by atoms with Gasteiger partial charge in [0.05, 0.1) is 12.5 Å². The standard InChI is InChI=1S/C15H16FNO/c16-14-3-1-2-12(6-14)13-7-15(8-13)17-9-11-4-5-18-10-11/h1-6,10,13,15,17H,7-9H2. The highest BCUT2D eigenvalue weighted by atomic mass is 19.1. The van der Waals surface area contributed by atoms with Gasteiger partial charge in [0.25, 0.3) is 0 Å². The summed E-state index contributed by atoms with van der Waals surface area (Å²) in [7, 11) is 0. The maximum Gasteiger partial charge on any atom is 0.123 e. The summed E-state index contributed by atoms with van der Waals surface area (Å²) >= 11 is 0. The van der Waals surface area contributed by atoms with Crippen LogP contribution >= 0.6 is 0 Å². The predicted molar refractivity (Wildman–Crippen MR) is 67.7 cm³/mol. The summed E-state index contributed by atoms with van der Waals surface area (Å²) in [6.45, 7) is 0.844. The minimum atomic E-state index is -0.137. The fourth-order valence-corrected chi connectivity index (χ4v) is 2.47. The minimum Gasteiger partial charge on any atom is -0.472 e. The lowest BCUT2D eigenvalue weighted by molar-refractivity contribution is 0.289. The summed E-state index contributed by atoms with van der Waals surface area (Å²) in [6.07, 6.45) is 5.62. The summed E-state index contributed by atoms with van der Waals surface area (Å²) < 4.78 is 18.1. The van der Waals surface area contributed by atoms with Gasteiger partial charge in [-0.05, 0) is 42.5 Å². The quantitative estimate of drug-likeness (QED) is 0.892. The first-order valence-electron chi connectivity index (χ1n) is 6.31. The number of benzene rings is 1. The lowest BCUT2D eigenvalue weighted by Gasteiger charge is -2.36. The van der Waals surface area contributed by atoms with Crippen LogP contribution in [0.4, 0.5) is 4.39 Å². The van der Waals surface area contributed by atoms with E-state index in [0.717, 1.165) is 24.9 Å². The predicted octanol–water partition coefficient (Wildman–Crippen LogP) is 3.45. The molecule has 3 heteroatoms. The Kier molecular flexibility index (Phi) is 3.15. The monoisotopic (exact) mass is 245 g/mol. The van der Waals surface area contributed by atoms with Gasteiger partial charge in [-0.1, -0.05) is 12.1 Å². The molecule has 0 saturated heterocycles. The fourth-order valence-electron chi connectivity index (χ4n) is 2.47. The normalized spacial score (nSPS) is 22.7. The highest BCUT2D eigenvalue weighted by Crippen LogP contribution is 2.37. The maximum atomic E-state index is 13.1. The Morgan fingerprint density at radius 3 is 2.89 bits per heavy atom. The van der Waals surface area contributed by atoms with Crippen molar-refractivity contribution in [3.8, 4) is 0 Å². The average Bonchev–Trinajstić information content (AvgIpc) is 2.80. The van der Waals surface area contributed by atoms with Crippen molar-refractivity contribution in [3.63, 3.8) is 0 Å². The van der Waals surface area contributed by atoms with Crippen molar-refractivity contribution >= 4 is 0 Å². The van der Waals surface area contributed by atoms with Gasteiger partial charge in [-0.25, -0.2) is 4.39 Å². The summed E-state index contributed by atoms with van der Waals surface area (Å²) in [4.78, 5) is 0. The van der Waals surface area contributed by atoms with Crippen molar-refractivity contribution in [1.82, 2.24) is 5.32 Å². The van der Waals surface area contributed by atoms with E-state index in [2.05, 4.69) is 5.32 Å². The molecule has 1 aromatic heterocycles. The Hall–Kier alpha value is -1.61. The molecule has 94 valence electrons. The first kappa shape index (κ1) is 11.5.